The van der Waals surface area contributed by atoms with Crippen LogP contribution in [0.2, 0.25) is 0 Å². The van der Waals surface area contributed by atoms with E-state index in [1.807, 2.05) is 0 Å². The molecule has 1 aromatic heterocycles. The van der Waals surface area contributed by atoms with E-state index in [4.69, 9.17) is 5.73 Å². The van der Waals surface area contributed by atoms with Gasteiger partial charge in [-0.25, -0.2) is 8.78 Å². The number of benzene rings is 1. The highest BCUT2D eigenvalue weighted by molar-refractivity contribution is 7.09. The quantitative estimate of drug-likeness (QED) is 0.711. The summed E-state index contributed by atoms with van der Waals surface area (Å²) in [6.45, 7) is 1.96. The second-order valence-corrected chi connectivity index (χ2v) is 5.96. The van der Waals surface area contributed by atoms with Crippen molar-refractivity contribution in [1.29, 1.82) is 0 Å². The molecule has 0 fully saturated rings. The van der Waals surface area contributed by atoms with Crippen LogP contribution < -0.4 is 11.1 Å². The molecule has 0 amide bonds. The summed E-state index contributed by atoms with van der Waals surface area (Å²) in [6, 6.07) is 3.22. The van der Waals surface area contributed by atoms with Crippen LogP contribution in [0.15, 0.2) is 29.9 Å². The molecule has 2 atom stereocenters. The number of aliphatic hydroxyl groups excluding tert-OH is 1. The lowest BCUT2D eigenvalue weighted by atomic mass is 9.95. The molecule has 2 aromatic rings. The van der Waals surface area contributed by atoms with Gasteiger partial charge in [0.1, 0.15) is 11.6 Å². The minimum absolute atomic E-state index is 0.0954. The number of nitrogens with two attached hydrogens (primary N) is 1. The molecule has 4 nitrogen and oxygen atoms in total. The minimum atomic E-state index is -1.19. The number of thiazole rings is 1. The number of aromatic nitrogens is 1. The summed E-state index contributed by atoms with van der Waals surface area (Å²) >= 11 is 1.46. The van der Waals surface area contributed by atoms with E-state index in [0.29, 0.717) is 12.1 Å². The maximum absolute atomic E-state index is 13.2. The molecule has 1 aromatic carbocycles. The van der Waals surface area contributed by atoms with E-state index in [1.54, 1.807) is 11.7 Å². The normalized spacial score (nSPS) is 15.7. The van der Waals surface area contributed by atoms with Crippen LogP contribution in [-0.2, 0) is 13.0 Å². The smallest absolute Gasteiger partial charge is 0.126 e. The van der Waals surface area contributed by atoms with E-state index in [2.05, 4.69) is 10.3 Å². The zero-order chi connectivity index (χ0) is 15.5. The molecule has 4 N–H and O–H groups in total. The molecular formula is C14H17F2N3OS. The van der Waals surface area contributed by atoms with Gasteiger partial charge in [-0.1, -0.05) is 0 Å². The maximum atomic E-state index is 13.2. The number of halogens is 2. The Kier molecular flexibility index (Phi) is 5.00. The van der Waals surface area contributed by atoms with Gasteiger partial charge >= 0.3 is 0 Å². The fourth-order valence-electron chi connectivity index (χ4n) is 1.99. The van der Waals surface area contributed by atoms with Crippen molar-refractivity contribution in [2.24, 2.45) is 5.73 Å². The van der Waals surface area contributed by atoms with Gasteiger partial charge in [-0.05, 0) is 24.6 Å². The molecule has 0 aliphatic heterocycles. The van der Waals surface area contributed by atoms with Crippen LogP contribution in [0.1, 0.15) is 17.4 Å². The number of hydrogen-bond acceptors (Lipinski definition) is 5. The highest BCUT2D eigenvalue weighted by atomic mass is 32.1. The van der Waals surface area contributed by atoms with E-state index in [0.717, 1.165) is 10.9 Å². The minimum Gasteiger partial charge on any atom is -0.390 e. The second kappa shape index (κ2) is 6.57. The summed E-state index contributed by atoms with van der Waals surface area (Å²) in [5.74, 6) is -1.33. The number of hydrogen-bond donors (Lipinski definition) is 3. The van der Waals surface area contributed by atoms with Gasteiger partial charge in [0.15, 0.2) is 0 Å². The number of nitrogens with one attached hydrogen (secondary N) is 1. The van der Waals surface area contributed by atoms with Gasteiger partial charge in [0.25, 0.3) is 0 Å². The molecule has 114 valence electrons. The van der Waals surface area contributed by atoms with Crippen LogP contribution in [-0.4, -0.2) is 21.9 Å². The van der Waals surface area contributed by atoms with Crippen LogP contribution in [0.4, 0.5) is 8.78 Å². The Morgan fingerprint density at radius 3 is 2.57 bits per heavy atom. The molecule has 0 bridgehead atoms. The zero-order valence-corrected chi connectivity index (χ0v) is 12.3. The largest absolute Gasteiger partial charge is 0.390 e. The highest BCUT2D eigenvalue weighted by Gasteiger charge is 2.31. The number of nitrogens with zero attached hydrogens (tertiary/aromatic N) is 1. The second-order valence-electron chi connectivity index (χ2n) is 4.99. The Morgan fingerprint density at radius 1 is 1.38 bits per heavy atom. The first kappa shape index (κ1) is 16.0. The van der Waals surface area contributed by atoms with Crippen molar-refractivity contribution in [1.82, 2.24) is 10.3 Å². The third-order valence-electron chi connectivity index (χ3n) is 3.24. The molecule has 2 rings (SSSR count). The molecule has 0 spiro atoms. The van der Waals surface area contributed by atoms with Crippen LogP contribution in [0, 0.1) is 11.6 Å². The molecule has 0 radical (unpaired) electrons. The molecule has 1 heterocycles. The van der Waals surface area contributed by atoms with Crippen LogP contribution >= 0.6 is 11.3 Å². The zero-order valence-electron chi connectivity index (χ0n) is 11.5. The summed E-state index contributed by atoms with van der Waals surface area (Å²) in [5.41, 5.74) is 7.05. The summed E-state index contributed by atoms with van der Waals surface area (Å²) in [6.07, 6.45) is 0.886. The lowest BCUT2D eigenvalue weighted by Gasteiger charge is -2.33. The third kappa shape index (κ3) is 4.28. The Bertz CT molecular complexity index is 572. The van der Waals surface area contributed by atoms with E-state index >= 15 is 0 Å². The average molecular weight is 313 g/mol. The molecule has 0 unspecified atom stereocenters. The molecule has 0 saturated heterocycles. The molecular weight excluding hydrogens is 296 g/mol. The van der Waals surface area contributed by atoms with E-state index in [1.165, 1.54) is 30.4 Å². The summed E-state index contributed by atoms with van der Waals surface area (Å²) in [7, 11) is 0. The summed E-state index contributed by atoms with van der Waals surface area (Å²) < 4.78 is 26.5. The lowest BCUT2D eigenvalue weighted by Crippen LogP contribution is -2.62. The van der Waals surface area contributed by atoms with E-state index in [9.17, 15) is 13.9 Å². The van der Waals surface area contributed by atoms with Gasteiger partial charge < -0.3 is 10.8 Å². The number of rotatable bonds is 6. The topological polar surface area (TPSA) is 71.2 Å². The summed E-state index contributed by atoms with van der Waals surface area (Å²) in [5, 5.41) is 13.0. The van der Waals surface area contributed by atoms with Crippen molar-refractivity contribution in [2.45, 2.75) is 31.7 Å². The van der Waals surface area contributed by atoms with Crippen molar-refractivity contribution in [3.8, 4) is 0 Å². The standard InChI is InChI=1S/C14H17F2N3OS/c1-9(20)14(17,19-7-13-6-18-8-21-13)5-10-2-11(15)4-12(16)3-10/h2-4,6,8-9,19-20H,5,7,17H2,1H3/t9-,14+/m1/s1. The van der Waals surface area contributed by atoms with Crippen LogP contribution in [0.25, 0.3) is 0 Å². The monoisotopic (exact) mass is 313 g/mol. The van der Waals surface area contributed by atoms with E-state index < -0.39 is 23.4 Å². The predicted molar refractivity (Wildman–Crippen MR) is 77.6 cm³/mol. The fraction of sp³-hybridized carbons (Fsp3) is 0.357. The molecule has 21 heavy (non-hydrogen) atoms. The SMILES string of the molecule is C[C@@H](O)[C@](N)(Cc1cc(F)cc(F)c1)NCc1cncs1. The highest BCUT2D eigenvalue weighted by Crippen LogP contribution is 2.17. The summed E-state index contributed by atoms with van der Waals surface area (Å²) in [4.78, 5) is 4.91. The molecule has 0 aliphatic rings. The van der Waals surface area contributed by atoms with Crippen molar-refractivity contribution in [3.05, 3.63) is 52.0 Å². The van der Waals surface area contributed by atoms with Gasteiger partial charge in [0.2, 0.25) is 0 Å². The van der Waals surface area contributed by atoms with Gasteiger partial charge in [0, 0.05) is 30.1 Å². The predicted octanol–water partition coefficient (Wildman–Crippen LogP) is 1.79. The van der Waals surface area contributed by atoms with Crippen molar-refractivity contribution >= 4 is 11.3 Å². The van der Waals surface area contributed by atoms with Gasteiger partial charge in [-0.3, -0.25) is 10.3 Å². The van der Waals surface area contributed by atoms with Crippen molar-refractivity contribution < 1.29 is 13.9 Å². The Hall–Kier alpha value is -1.41. The molecule has 7 heteroatoms. The van der Waals surface area contributed by atoms with Gasteiger partial charge in [-0.2, -0.15) is 0 Å². The Morgan fingerprint density at radius 2 is 2.05 bits per heavy atom. The van der Waals surface area contributed by atoms with Gasteiger partial charge in [0.05, 0.1) is 17.3 Å². The molecule has 0 saturated carbocycles. The first-order valence-electron chi connectivity index (χ1n) is 6.43. The van der Waals surface area contributed by atoms with Crippen LogP contribution in [0.3, 0.4) is 0 Å². The Labute approximate surface area is 125 Å². The first-order valence-corrected chi connectivity index (χ1v) is 7.31. The third-order valence-corrected chi connectivity index (χ3v) is 4.02. The van der Waals surface area contributed by atoms with E-state index in [-0.39, 0.29) is 6.42 Å². The number of aliphatic hydroxyl groups is 1. The fourth-order valence-corrected chi connectivity index (χ4v) is 2.52. The van der Waals surface area contributed by atoms with Crippen molar-refractivity contribution in [2.75, 3.05) is 0 Å². The molecule has 0 aliphatic carbocycles. The lowest BCUT2D eigenvalue weighted by molar-refractivity contribution is 0.0758. The Balaban J connectivity index is 2.13. The maximum Gasteiger partial charge on any atom is 0.126 e. The van der Waals surface area contributed by atoms with Gasteiger partial charge in [-0.15, -0.1) is 11.3 Å². The van der Waals surface area contributed by atoms with Crippen LogP contribution in [0.5, 0.6) is 0 Å². The van der Waals surface area contributed by atoms with Crippen molar-refractivity contribution in [3.63, 3.8) is 0 Å². The first-order chi connectivity index (χ1) is 9.89. The average Bonchev–Trinajstić information content (AvgIpc) is 2.88.